The Labute approximate surface area is 227 Å². The Morgan fingerprint density at radius 2 is 1.68 bits per heavy atom. The number of sulfonamides is 1. The van der Waals surface area contributed by atoms with Crippen LogP contribution in [0.3, 0.4) is 0 Å². The summed E-state index contributed by atoms with van der Waals surface area (Å²) < 4.78 is 33.0. The zero-order chi connectivity index (χ0) is 27.7. The van der Waals surface area contributed by atoms with Gasteiger partial charge in [0.2, 0.25) is 22.3 Å². The van der Waals surface area contributed by atoms with Gasteiger partial charge >= 0.3 is 0 Å². The number of ether oxygens (including phenoxy) is 1. The molecule has 1 aliphatic heterocycles. The molecule has 2 amide bonds. The molecule has 208 valence electrons. The van der Waals surface area contributed by atoms with Crippen LogP contribution in [0.1, 0.15) is 75.0 Å². The van der Waals surface area contributed by atoms with Gasteiger partial charge in [-0.2, -0.15) is 4.31 Å². The predicted molar refractivity (Wildman–Crippen MR) is 149 cm³/mol. The molecule has 0 bridgehead atoms. The van der Waals surface area contributed by atoms with E-state index < -0.39 is 10.0 Å². The van der Waals surface area contributed by atoms with E-state index in [0.29, 0.717) is 49.5 Å². The summed E-state index contributed by atoms with van der Waals surface area (Å²) in [7, 11) is -1.92. The van der Waals surface area contributed by atoms with E-state index in [0.717, 1.165) is 36.1 Å². The van der Waals surface area contributed by atoms with Gasteiger partial charge in [0.1, 0.15) is 5.75 Å². The molecule has 1 heterocycles. The van der Waals surface area contributed by atoms with E-state index in [1.54, 1.807) is 30.2 Å². The number of benzene rings is 2. The molecule has 4 rings (SSSR count). The van der Waals surface area contributed by atoms with Crippen LogP contribution < -0.4 is 10.1 Å². The molecule has 38 heavy (non-hydrogen) atoms. The Morgan fingerprint density at radius 3 is 2.21 bits per heavy atom. The van der Waals surface area contributed by atoms with Crippen LogP contribution >= 0.6 is 0 Å². The first-order valence-corrected chi connectivity index (χ1v) is 14.8. The van der Waals surface area contributed by atoms with Crippen LogP contribution in [0.4, 0.5) is 0 Å². The highest BCUT2D eigenvalue weighted by molar-refractivity contribution is 7.89. The largest absolute Gasteiger partial charge is 0.496 e. The van der Waals surface area contributed by atoms with Crippen LogP contribution in [0, 0.1) is 0 Å². The second-order valence-corrected chi connectivity index (χ2v) is 12.1. The van der Waals surface area contributed by atoms with E-state index in [1.165, 1.54) is 29.6 Å². The first-order valence-electron chi connectivity index (χ1n) is 13.4. The molecule has 1 saturated heterocycles. The molecule has 0 aromatic heterocycles. The maximum Gasteiger partial charge on any atom is 0.243 e. The van der Waals surface area contributed by atoms with Crippen LogP contribution in [0.2, 0.25) is 0 Å². The molecule has 0 atom stereocenters. The summed E-state index contributed by atoms with van der Waals surface area (Å²) in [5.41, 5.74) is 3.47. The van der Waals surface area contributed by atoms with Crippen molar-refractivity contribution in [2.45, 2.75) is 69.7 Å². The number of hydrogen-bond acceptors (Lipinski definition) is 5. The van der Waals surface area contributed by atoms with E-state index in [1.807, 2.05) is 12.1 Å². The Morgan fingerprint density at radius 1 is 1.05 bits per heavy atom. The number of nitrogens with zero attached hydrogens (tertiary/aromatic N) is 2. The fourth-order valence-corrected chi connectivity index (χ4v) is 6.46. The van der Waals surface area contributed by atoms with E-state index in [4.69, 9.17) is 4.74 Å². The molecule has 9 heteroatoms. The molecule has 1 saturated carbocycles. The molecule has 2 aliphatic rings. The zero-order valence-electron chi connectivity index (χ0n) is 23.0. The molecule has 2 aromatic rings. The van der Waals surface area contributed by atoms with Gasteiger partial charge in [0, 0.05) is 39.6 Å². The van der Waals surface area contributed by atoms with Crippen molar-refractivity contribution in [2.75, 3.05) is 33.3 Å². The monoisotopic (exact) mass is 543 g/mol. The number of nitrogens with one attached hydrogen (secondary N) is 1. The van der Waals surface area contributed by atoms with Gasteiger partial charge in [-0.05, 0) is 59.6 Å². The first-order chi connectivity index (χ1) is 18.2. The van der Waals surface area contributed by atoms with Crippen LogP contribution in [-0.2, 0) is 26.2 Å². The lowest BCUT2D eigenvalue weighted by Gasteiger charge is -2.33. The van der Waals surface area contributed by atoms with Crippen molar-refractivity contribution >= 4 is 22.3 Å². The van der Waals surface area contributed by atoms with E-state index in [9.17, 15) is 18.0 Å². The van der Waals surface area contributed by atoms with Gasteiger partial charge in [-0.3, -0.25) is 9.59 Å². The van der Waals surface area contributed by atoms with Crippen molar-refractivity contribution in [1.29, 1.82) is 0 Å². The lowest BCUT2D eigenvalue weighted by molar-refractivity contribution is -0.130. The van der Waals surface area contributed by atoms with Gasteiger partial charge in [0.05, 0.1) is 12.0 Å². The molecule has 1 N–H and O–H groups in total. The maximum atomic E-state index is 13.0. The van der Waals surface area contributed by atoms with E-state index in [-0.39, 0.29) is 5.91 Å². The summed E-state index contributed by atoms with van der Waals surface area (Å²) in [5, 5.41) is 2.63. The van der Waals surface area contributed by atoms with Gasteiger partial charge in [-0.1, -0.05) is 51.0 Å². The first kappa shape index (κ1) is 29.6. The smallest absolute Gasteiger partial charge is 0.243 e. The highest BCUT2D eigenvalue weighted by atomic mass is 32.2. The fourth-order valence-electron chi connectivity index (χ4n) is 5.00. The van der Waals surface area contributed by atoms with Crippen LogP contribution in [0.5, 0.6) is 5.75 Å². The summed E-state index contributed by atoms with van der Waals surface area (Å²) >= 11 is 0. The predicted octanol–water partition coefficient (Wildman–Crippen LogP) is 4.26. The molecule has 0 radical (unpaired) electrons. The standard InChI is InChI=1S/C18H26N2O4S.C11H15NO/c1-14(21)19-9-11-20(12-10-19)25(22,23)16-7-8-18(24-2)17(13-16)15-5-3-4-6-15;1-9(2)11-5-3-10(4-6-11)7-12-8-13/h7-8,13,15H,3-6,9-12H2,1-2H3;3-6,8-9H,7H2,1-2H3,(H,12,13). The second kappa shape index (κ2) is 13.8. The summed E-state index contributed by atoms with van der Waals surface area (Å²) in [6.07, 6.45) is 5.24. The van der Waals surface area contributed by atoms with Gasteiger partial charge in [0.25, 0.3) is 0 Å². The van der Waals surface area contributed by atoms with Gasteiger partial charge in [0.15, 0.2) is 0 Å². The third kappa shape index (κ3) is 7.57. The Balaban J connectivity index is 0.000000260. The minimum atomic E-state index is -3.55. The maximum absolute atomic E-state index is 13.0. The average molecular weight is 544 g/mol. The Bertz CT molecular complexity index is 1170. The van der Waals surface area contributed by atoms with Gasteiger partial charge < -0.3 is 15.0 Å². The molecular formula is C29H41N3O5S. The van der Waals surface area contributed by atoms with Crippen molar-refractivity contribution in [3.63, 3.8) is 0 Å². The minimum Gasteiger partial charge on any atom is -0.496 e. The third-order valence-corrected chi connectivity index (χ3v) is 9.25. The van der Waals surface area contributed by atoms with Crippen molar-refractivity contribution in [3.05, 3.63) is 59.2 Å². The summed E-state index contributed by atoms with van der Waals surface area (Å²) in [6, 6.07) is 13.5. The lowest BCUT2D eigenvalue weighted by atomic mass is 9.97. The SMILES string of the molecule is CC(C)c1ccc(CNC=O)cc1.COc1ccc(S(=O)(=O)N2CCN(C(C)=O)CC2)cc1C1CCCC1. The molecule has 0 unspecified atom stereocenters. The molecular weight excluding hydrogens is 502 g/mol. The second-order valence-electron chi connectivity index (χ2n) is 10.2. The fraction of sp³-hybridized carbons (Fsp3) is 0.517. The number of rotatable bonds is 8. The molecule has 2 fully saturated rings. The number of carbonyl (C=O) groups is 2. The molecule has 0 spiro atoms. The normalized spacial score (nSPS) is 16.6. The minimum absolute atomic E-state index is 0.00925. The Hall–Kier alpha value is -2.91. The highest BCUT2D eigenvalue weighted by Crippen LogP contribution is 2.40. The zero-order valence-corrected chi connectivity index (χ0v) is 23.8. The summed E-state index contributed by atoms with van der Waals surface area (Å²) in [5.74, 6) is 1.70. The highest BCUT2D eigenvalue weighted by Gasteiger charge is 2.31. The van der Waals surface area contributed by atoms with Gasteiger partial charge in [-0.15, -0.1) is 0 Å². The summed E-state index contributed by atoms with van der Waals surface area (Å²) in [4.78, 5) is 23.5. The van der Waals surface area contributed by atoms with Crippen molar-refractivity contribution in [2.24, 2.45) is 0 Å². The number of amides is 2. The number of methoxy groups -OCH3 is 1. The van der Waals surface area contributed by atoms with Crippen LogP contribution in [0.15, 0.2) is 47.4 Å². The van der Waals surface area contributed by atoms with Crippen LogP contribution in [-0.4, -0.2) is 63.2 Å². The van der Waals surface area contributed by atoms with E-state index >= 15 is 0 Å². The number of piperazine rings is 1. The molecule has 8 nitrogen and oxygen atoms in total. The number of hydrogen-bond donors (Lipinski definition) is 1. The Kier molecular flexibility index (Phi) is 10.7. The van der Waals surface area contributed by atoms with Crippen molar-refractivity contribution in [3.8, 4) is 5.75 Å². The van der Waals surface area contributed by atoms with E-state index in [2.05, 4.69) is 31.3 Å². The number of carbonyl (C=O) groups excluding carboxylic acids is 2. The quantitative estimate of drug-likeness (QED) is 0.502. The third-order valence-electron chi connectivity index (χ3n) is 7.35. The topological polar surface area (TPSA) is 96.0 Å². The molecule has 1 aliphatic carbocycles. The lowest BCUT2D eigenvalue weighted by Crippen LogP contribution is -2.49. The van der Waals surface area contributed by atoms with Crippen molar-refractivity contribution in [1.82, 2.24) is 14.5 Å². The van der Waals surface area contributed by atoms with Crippen LogP contribution in [0.25, 0.3) is 0 Å². The van der Waals surface area contributed by atoms with Crippen molar-refractivity contribution < 1.29 is 22.7 Å². The average Bonchev–Trinajstić information content (AvgIpc) is 3.47. The van der Waals surface area contributed by atoms with Gasteiger partial charge in [-0.25, -0.2) is 8.42 Å². The summed E-state index contributed by atoms with van der Waals surface area (Å²) in [6.45, 7) is 8.03. The molecule has 2 aromatic carbocycles.